The fraction of sp³-hybridized carbons (Fsp3) is 0.440. The number of thiophene rings is 1. The van der Waals surface area contributed by atoms with Gasteiger partial charge < -0.3 is 10.2 Å². The Balaban J connectivity index is 1.27. The maximum absolute atomic E-state index is 13.2. The molecule has 0 bridgehead atoms. The van der Waals surface area contributed by atoms with Crippen LogP contribution in [0.25, 0.3) is 0 Å². The quantitative estimate of drug-likeness (QED) is 0.702. The number of rotatable bonds is 4. The topological polar surface area (TPSA) is 86.8 Å². The largest absolute Gasteiger partial charge is 0.334 e. The third kappa shape index (κ3) is 3.97. The van der Waals surface area contributed by atoms with E-state index in [0.717, 1.165) is 37.0 Å². The minimum atomic E-state index is -0.427. The van der Waals surface area contributed by atoms with Crippen LogP contribution >= 0.6 is 11.3 Å². The lowest BCUT2D eigenvalue weighted by molar-refractivity contribution is -0.142. The van der Waals surface area contributed by atoms with E-state index in [2.05, 4.69) is 16.8 Å². The van der Waals surface area contributed by atoms with E-state index in [9.17, 15) is 19.2 Å². The molecule has 1 aromatic heterocycles. The van der Waals surface area contributed by atoms with Crippen LogP contribution in [0.1, 0.15) is 52.0 Å². The van der Waals surface area contributed by atoms with Gasteiger partial charge in [-0.1, -0.05) is 18.9 Å². The van der Waals surface area contributed by atoms with Gasteiger partial charge in [0.1, 0.15) is 6.54 Å². The number of imide groups is 1. The van der Waals surface area contributed by atoms with Crippen LogP contribution in [-0.2, 0) is 27.3 Å². The number of benzene rings is 1. The number of hydrogen-bond donors (Lipinski definition) is 1. The van der Waals surface area contributed by atoms with Crippen molar-refractivity contribution in [2.45, 2.75) is 45.6 Å². The second-order valence-electron chi connectivity index (χ2n) is 9.13. The van der Waals surface area contributed by atoms with Gasteiger partial charge in [0.25, 0.3) is 5.91 Å². The smallest absolute Gasteiger partial charge is 0.254 e. The van der Waals surface area contributed by atoms with Crippen LogP contribution < -0.4 is 5.32 Å². The van der Waals surface area contributed by atoms with E-state index in [4.69, 9.17) is 0 Å². The van der Waals surface area contributed by atoms with Crippen molar-refractivity contribution in [3.63, 3.8) is 0 Å². The van der Waals surface area contributed by atoms with Gasteiger partial charge in [-0.15, -0.1) is 11.3 Å². The SMILES string of the molecule is Cc1c(NC(=O)CN2C(=O)C3CCCCC3C2=O)cccc1C(=O)N1CCc2sccc2C1. The van der Waals surface area contributed by atoms with E-state index in [1.54, 1.807) is 29.5 Å². The average Bonchev–Trinajstić information content (AvgIpc) is 3.38. The molecule has 1 saturated heterocycles. The van der Waals surface area contributed by atoms with Gasteiger partial charge in [0.05, 0.1) is 11.8 Å². The van der Waals surface area contributed by atoms with Crippen molar-refractivity contribution in [2.24, 2.45) is 11.8 Å². The zero-order valence-electron chi connectivity index (χ0n) is 18.6. The predicted octanol–water partition coefficient (Wildman–Crippen LogP) is 3.37. The molecule has 3 aliphatic rings. The van der Waals surface area contributed by atoms with Crippen molar-refractivity contribution in [3.8, 4) is 0 Å². The molecule has 0 radical (unpaired) electrons. The molecular formula is C25H27N3O4S. The highest BCUT2D eigenvalue weighted by Gasteiger charge is 2.48. The second-order valence-corrected chi connectivity index (χ2v) is 10.1. The Kier molecular flexibility index (Phi) is 5.78. The first-order chi connectivity index (χ1) is 15.9. The number of anilines is 1. The summed E-state index contributed by atoms with van der Waals surface area (Å²) in [5.74, 6) is -1.47. The lowest BCUT2D eigenvalue weighted by atomic mass is 9.81. The van der Waals surface area contributed by atoms with Crippen molar-refractivity contribution in [1.82, 2.24) is 9.80 Å². The molecule has 7 nitrogen and oxygen atoms in total. The summed E-state index contributed by atoms with van der Waals surface area (Å²) in [5.41, 5.74) is 2.95. The first-order valence-corrected chi connectivity index (χ1v) is 12.4. The molecule has 4 amide bonds. The summed E-state index contributed by atoms with van der Waals surface area (Å²) >= 11 is 1.73. The van der Waals surface area contributed by atoms with Crippen LogP contribution in [0.5, 0.6) is 0 Å². The maximum Gasteiger partial charge on any atom is 0.254 e. The summed E-state index contributed by atoms with van der Waals surface area (Å²) in [4.78, 5) is 55.6. The summed E-state index contributed by atoms with van der Waals surface area (Å²) in [6.07, 6.45) is 4.20. The third-order valence-electron chi connectivity index (χ3n) is 7.17. The summed E-state index contributed by atoms with van der Waals surface area (Å²) < 4.78 is 0. The summed E-state index contributed by atoms with van der Waals surface area (Å²) in [6, 6.07) is 7.33. The van der Waals surface area contributed by atoms with Crippen molar-refractivity contribution in [1.29, 1.82) is 0 Å². The number of nitrogens with zero attached hydrogens (tertiary/aromatic N) is 2. The van der Waals surface area contributed by atoms with Gasteiger partial charge in [-0.05, 0) is 60.9 Å². The standard InChI is InChI=1S/C25H27N3O4S/c1-15-17(23(30)27-11-9-21-16(13-27)10-12-33-21)7-4-8-20(15)26-22(29)14-28-24(31)18-5-2-3-6-19(18)25(28)32/h4,7-8,10,12,18-19H,2-3,5-6,9,11,13-14H2,1H3,(H,26,29). The lowest BCUT2D eigenvalue weighted by Gasteiger charge is -2.28. The molecule has 1 aromatic carbocycles. The Labute approximate surface area is 196 Å². The molecule has 2 unspecified atom stereocenters. The van der Waals surface area contributed by atoms with E-state index < -0.39 is 5.91 Å². The van der Waals surface area contributed by atoms with Gasteiger partial charge in [-0.3, -0.25) is 24.1 Å². The molecule has 33 heavy (non-hydrogen) atoms. The van der Waals surface area contributed by atoms with Gasteiger partial charge >= 0.3 is 0 Å². The molecule has 8 heteroatoms. The molecular weight excluding hydrogens is 438 g/mol. The van der Waals surface area contributed by atoms with Gasteiger partial charge in [0.2, 0.25) is 17.7 Å². The molecule has 2 atom stereocenters. The van der Waals surface area contributed by atoms with E-state index in [-0.39, 0.29) is 36.1 Å². The van der Waals surface area contributed by atoms with E-state index >= 15 is 0 Å². The highest BCUT2D eigenvalue weighted by Crippen LogP contribution is 2.38. The van der Waals surface area contributed by atoms with Crippen molar-refractivity contribution < 1.29 is 19.2 Å². The highest BCUT2D eigenvalue weighted by atomic mass is 32.1. The van der Waals surface area contributed by atoms with Gasteiger partial charge in [-0.25, -0.2) is 0 Å². The Bertz CT molecular complexity index is 1120. The Hall–Kier alpha value is -3.00. The molecule has 1 aliphatic carbocycles. The summed E-state index contributed by atoms with van der Waals surface area (Å²) in [6.45, 7) is 2.79. The molecule has 2 aromatic rings. The van der Waals surface area contributed by atoms with Crippen molar-refractivity contribution >= 4 is 40.7 Å². The van der Waals surface area contributed by atoms with E-state index in [1.165, 1.54) is 10.4 Å². The van der Waals surface area contributed by atoms with Crippen LogP contribution in [0.15, 0.2) is 29.6 Å². The Morgan fingerprint density at radius 2 is 1.82 bits per heavy atom. The molecule has 0 spiro atoms. The Morgan fingerprint density at radius 1 is 1.09 bits per heavy atom. The van der Waals surface area contributed by atoms with E-state index in [1.807, 2.05) is 11.8 Å². The zero-order chi connectivity index (χ0) is 23.1. The molecule has 3 heterocycles. The molecule has 1 saturated carbocycles. The van der Waals surface area contributed by atoms with Gasteiger partial charge in [-0.2, -0.15) is 0 Å². The number of carbonyl (C=O) groups excluding carboxylic acids is 4. The van der Waals surface area contributed by atoms with Crippen molar-refractivity contribution in [3.05, 3.63) is 51.2 Å². The van der Waals surface area contributed by atoms with Crippen molar-refractivity contribution in [2.75, 3.05) is 18.4 Å². The normalized spacial score (nSPS) is 22.2. The first kappa shape index (κ1) is 21.8. The first-order valence-electron chi connectivity index (χ1n) is 11.5. The monoisotopic (exact) mass is 465 g/mol. The molecule has 2 fully saturated rings. The number of hydrogen-bond acceptors (Lipinski definition) is 5. The second kappa shape index (κ2) is 8.74. The van der Waals surface area contributed by atoms with Crippen LogP contribution in [-0.4, -0.2) is 46.5 Å². The van der Waals surface area contributed by atoms with E-state index in [0.29, 0.717) is 29.9 Å². The molecule has 1 N–H and O–H groups in total. The predicted molar refractivity (Wildman–Crippen MR) is 125 cm³/mol. The van der Waals surface area contributed by atoms with Crippen LogP contribution in [0, 0.1) is 18.8 Å². The molecule has 2 aliphatic heterocycles. The van der Waals surface area contributed by atoms with Crippen LogP contribution in [0.2, 0.25) is 0 Å². The van der Waals surface area contributed by atoms with Crippen LogP contribution in [0.4, 0.5) is 5.69 Å². The van der Waals surface area contributed by atoms with Gasteiger partial charge in [0.15, 0.2) is 0 Å². The number of amides is 4. The third-order valence-corrected chi connectivity index (χ3v) is 8.19. The minimum Gasteiger partial charge on any atom is -0.334 e. The Morgan fingerprint density at radius 3 is 2.55 bits per heavy atom. The summed E-state index contributed by atoms with van der Waals surface area (Å²) in [5, 5.41) is 4.88. The van der Waals surface area contributed by atoms with Crippen LogP contribution in [0.3, 0.4) is 0 Å². The number of nitrogens with one attached hydrogen (secondary N) is 1. The number of likely N-dealkylation sites (tertiary alicyclic amines) is 1. The fourth-order valence-corrected chi connectivity index (χ4v) is 6.20. The summed E-state index contributed by atoms with van der Waals surface area (Å²) in [7, 11) is 0. The maximum atomic E-state index is 13.2. The molecule has 5 rings (SSSR count). The van der Waals surface area contributed by atoms with Gasteiger partial charge in [0, 0.05) is 29.2 Å². The highest BCUT2D eigenvalue weighted by molar-refractivity contribution is 7.10. The minimum absolute atomic E-state index is 0.0607. The lowest BCUT2D eigenvalue weighted by Crippen LogP contribution is -2.38. The zero-order valence-corrected chi connectivity index (χ0v) is 19.5. The fourth-order valence-electron chi connectivity index (χ4n) is 5.32. The number of carbonyl (C=O) groups is 4. The molecule has 172 valence electrons. The average molecular weight is 466 g/mol. The number of fused-ring (bicyclic) bond motifs is 2.